The summed E-state index contributed by atoms with van der Waals surface area (Å²) in [5.41, 5.74) is 3.28. The molecule has 7 nitrogen and oxygen atoms in total. The number of hydrogen-bond acceptors (Lipinski definition) is 5. The van der Waals surface area contributed by atoms with E-state index in [1.54, 1.807) is 18.2 Å². The number of benzene rings is 3. The Morgan fingerprint density at radius 1 is 0.971 bits per heavy atom. The van der Waals surface area contributed by atoms with Gasteiger partial charge in [-0.15, -0.1) is 0 Å². The fourth-order valence-electron chi connectivity index (χ4n) is 3.17. The molecule has 178 valence electrons. The van der Waals surface area contributed by atoms with E-state index in [0.29, 0.717) is 35.9 Å². The standard InChI is InChI=1S/C28H27N3O4/c1-3-34-26-16-22(15-23(17-29)28(33)30-18-21-7-5-4-6-8-21)11-14-25(26)35-19-27(32)31-24-12-9-20(2)10-13-24/h4-16H,3,18-19H2,1-2H3,(H,30,33)(H,31,32)/b23-15+. The van der Waals surface area contributed by atoms with Crippen molar-refractivity contribution in [2.75, 3.05) is 18.5 Å². The summed E-state index contributed by atoms with van der Waals surface area (Å²) in [6.45, 7) is 4.30. The van der Waals surface area contributed by atoms with Gasteiger partial charge < -0.3 is 20.1 Å². The molecule has 0 unspecified atom stereocenters. The van der Waals surface area contributed by atoms with Gasteiger partial charge in [-0.1, -0.05) is 54.1 Å². The molecule has 3 rings (SSSR count). The highest BCUT2D eigenvalue weighted by atomic mass is 16.5. The molecule has 7 heteroatoms. The molecule has 0 atom stereocenters. The molecule has 0 spiro atoms. The van der Waals surface area contributed by atoms with Crippen LogP contribution in [0, 0.1) is 18.3 Å². The first-order valence-corrected chi connectivity index (χ1v) is 11.2. The van der Waals surface area contributed by atoms with Crippen LogP contribution in [0.25, 0.3) is 6.08 Å². The summed E-state index contributed by atoms with van der Waals surface area (Å²) >= 11 is 0. The van der Waals surface area contributed by atoms with Crippen molar-refractivity contribution in [1.29, 1.82) is 5.26 Å². The summed E-state index contributed by atoms with van der Waals surface area (Å²) in [5.74, 6) is 0.0195. The summed E-state index contributed by atoms with van der Waals surface area (Å²) < 4.78 is 11.3. The van der Waals surface area contributed by atoms with Crippen LogP contribution in [-0.4, -0.2) is 25.0 Å². The Hall–Kier alpha value is -4.57. The quantitative estimate of drug-likeness (QED) is 0.333. The molecule has 0 heterocycles. The maximum atomic E-state index is 12.5. The Morgan fingerprint density at radius 2 is 1.71 bits per heavy atom. The van der Waals surface area contributed by atoms with Crippen molar-refractivity contribution in [3.8, 4) is 17.6 Å². The van der Waals surface area contributed by atoms with Crippen molar-refractivity contribution in [3.05, 3.63) is 95.1 Å². The maximum absolute atomic E-state index is 12.5. The number of anilines is 1. The molecule has 0 aliphatic carbocycles. The minimum atomic E-state index is -0.470. The first kappa shape index (κ1) is 25.1. The van der Waals surface area contributed by atoms with Crippen molar-refractivity contribution in [2.24, 2.45) is 0 Å². The van der Waals surface area contributed by atoms with Crippen LogP contribution in [0.4, 0.5) is 5.69 Å². The molecule has 3 aromatic carbocycles. The molecule has 2 amide bonds. The van der Waals surface area contributed by atoms with Gasteiger partial charge >= 0.3 is 0 Å². The topological polar surface area (TPSA) is 100 Å². The lowest BCUT2D eigenvalue weighted by atomic mass is 10.1. The first-order valence-electron chi connectivity index (χ1n) is 11.2. The summed E-state index contributed by atoms with van der Waals surface area (Å²) in [4.78, 5) is 24.7. The predicted molar refractivity (Wildman–Crippen MR) is 135 cm³/mol. The molecule has 0 bridgehead atoms. The normalized spacial score (nSPS) is 10.7. The van der Waals surface area contributed by atoms with E-state index in [4.69, 9.17) is 9.47 Å². The molecule has 0 aliphatic rings. The van der Waals surface area contributed by atoms with Gasteiger partial charge in [0.25, 0.3) is 11.8 Å². The molecular weight excluding hydrogens is 442 g/mol. The fraction of sp³-hybridized carbons (Fsp3) is 0.179. The average molecular weight is 470 g/mol. The van der Waals surface area contributed by atoms with Crippen molar-refractivity contribution >= 4 is 23.6 Å². The lowest BCUT2D eigenvalue weighted by molar-refractivity contribution is -0.118. The van der Waals surface area contributed by atoms with Crippen LogP contribution >= 0.6 is 0 Å². The number of hydrogen-bond donors (Lipinski definition) is 2. The predicted octanol–water partition coefficient (Wildman–Crippen LogP) is 4.63. The fourth-order valence-corrected chi connectivity index (χ4v) is 3.17. The molecule has 0 saturated heterocycles. The van der Waals surface area contributed by atoms with Crippen LogP contribution in [0.15, 0.2) is 78.4 Å². The molecule has 0 aliphatic heterocycles. The number of aryl methyl sites for hydroxylation is 1. The zero-order valence-corrected chi connectivity index (χ0v) is 19.7. The number of nitrogens with zero attached hydrogens (tertiary/aromatic N) is 1. The van der Waals surface area contributed by atoms with Crippen molar-refractivity contribution in [3.63, 3.8) is 0 Å². The highest BCUT2D eigenvalue weighted by molar-refractivity contribution is 6.01. The van der Waals surface area contributed by atoms with Gasteiger partial charge in [0.1, 0.15) is 11.6 Å². The first-order chi connectivity index (χ1) is 17.0. The lowest BCUT2D eigenvalue weighted by Crippen LogP contribution is -2.23. The Labute approximate surface area is 205 Å². The molecule has 2 N–H and O–H groups in total. The van der Waals surface area contributed by atoms with Crippen LogP contribution in [0.3, 0.4) is 0 Å². The van der Waals surface area contributed by atoms with E-state index < -0.39 is 5.91 Å². The van der Waals surface area contributed by atoms with Gasteiger partial charge in [-0.2, -0.15) is 5.26 Å². The maximum Gasteiger partial charge on any atom is 0.262 e. The van der Waals surface area contributed by atoms with Gasteiger partial charge in [0.05, 0.1) is 6.61 Å². The van der Waals surface area contributed by atoms with E-state index >= 15 is 0 Å². The molecule has 0 saturated carbocycles. The number of amides is 2. The van der Waals surface area contributed by atoms with Crippen LogP contribution in [0.1, 0.15) is 23.6 Å². The highest BCUT2D eigenvalue weighted by Gasteiger charge is 2.12. The van der Waals surface area contributed by atoms with Crippen molar-refractivity contribution in [1.82, 2.24) is 5.32 Å². The highest BCUT2D eigenvalue weighted by Crippen LogP contribution is 2.29. The summed E-state index contributed by atoms with van der Waals surface area (Å²) in [6, 6.07) is 23.9. The Bertz CT molecular complexity index is 1230. The summed E-state index contributed by atoms with van der Waals surface area (Å²) in [6.07, 6.45) is 1.48. The van der Waals surface area contributed by atoms with Crippen LogP contribution in [0.2, 0.25) is 0 Å². The van der Waals surface area contributed by atoms with E-state index in [2.05, 4.69) is 10.6 Å². The van der Waals surface area contributed by atoms with E-state index in [1.807, 2.05) is 74.5 Å². The minimum absolute atomic E-state index is 0.0328. The molecule has 3 aromatic rings. The second kappa shape index (κ2) is 12.6. The van der Waals surface area contributed by atoms with Gasteiger partial charge in [0.2, 0.25) is 0 Å². The van der Waals surface area contributed by atoms with E-state index in [0.717, 1.165) is 11.1 Å². The van der Waals surface area contributed by atoms with Gasteiger partial charge in [-0.05, 0) is 55.3 Å². The Kier molecular flexibility index (Phi) is 9.03. The molecule has 0 radical (unpaired) electrons. The SMILES string of the molecule is CCOc1cc(/C=C(\C#N)C(=O)NCc2ccccc2)ccc1OCC(=O)Nc1ccc(C)cc1. The minimum Gasteiger partial charge on any atom is -0.490 e. The van der Waals surface area contributed by atoms with Gasteiger partial charge in [0, 0.05) is 12.2 Å². The molecular formula is C28H27N3O4. The third-order valence-electron chi connectivity index (χ3n) is 4.93. The molecule has 0 fully saturated rings. The number of nitriles is 1. The zero-order valence-electron chi connectivity index (χ0n) is 19.7. The molecule has 0 aromatic heterocycles. The molecule has 35 heavy (non-hydrogen) atoms. The van der Waals surface area contributed by atoms with Gasteiger partial charge in [0.15, 0.2) is 18.1 Å². The largest absolute Gasteiger partial charge is 0.490 e. The third-order valence-corrected chi connectivity index (χ3v) is 4.93. The summed E-state index contributed by atoms with van der Waals surface area (Å²) in [5, 5.41) is 15.0. The number of ether oxygens (including phenoxy) is 2. The second-order valence-electron chi connectivity index (χ2n) is 7.68. The summed E-state index contributed by atoms with van der Waals surface area (Å²) in [7, 11) is 0. The van der Waals surface area contributed by atoms with E-state index in [1.165, 1.54) is 6.08 Å². The number of nitrogens with one attached hydrogen (secondary N) is 2. The number of carbonyl (C=O) groups is 2. The van der Waals surface area contributed by atoms with Gasteiger partial charge in [-0.25, -0.2) is 0 Å². The van der Waals surface area contributed by atoms with E-state index in [-0.39, 0.29) is 18.1 Å². The van der Waals surface area contributed by atoms with Crippen LogP contribution in [0.5, 0.6) is 11.5 Å². The van der Waals surface area contributed by atoms with Crippen molar-refractivity contribution in [2.45, 2.75) is 20.4 Å². The van der Waals surface area contributed by atoms with Crippen LogP contribution < -0.4 is 20.1 Å². The number of rotatable bonds is 10. The van der Waals surface area contributed by atoms with E-state index in [9.17, 15) is 14.9 Å². The Balaban J connectivity index is 1.66. The van der Waals surface area contributed by atoms with Gasteiger partial charge in [-0.3, -0.25) is 9.59 Å². The second-order valence-corrected chi connectivity index (χ2v) is 7.68. The Morgan fingerprint density at radius 3 is 2.40 bits per heavy atom. The third kappa shape index (κ3) is 7.76. The smallest absolute Gasteiger partial charge is 0.262 e. The number of carbonyl (C=O) groups excluding carboxylic acids is 2. The van der Waals surface area contributed by atoms with Crippen molar-refractivity contribution < 1.29 is 19.1 Å². The van der Waals surface area contributed by atoms with Crippen LogP contribution in [-0.2, 0) is 16.1 Å². The lowest BCUT2D eigenvalue weighted by Gasteiger charge is -2.13. The zero-order chi connectivity index (χ0) is 25.0. The average Bonchev–Trinajstić information content (AvgIpc) is 2.87. The monoisotopic (exact) mass is 469 g/mol.